The molecule has 0 saturated carbocycles. The number of hydrogen-bond donors (Lipinski definition) is 1. The van der Waals surface area contributed by atoms with Gasteiger partial charge in [-0.25, -0.2) is 9.78 Å². The van der Waals surface area contributed by atoms with Crippen LogP contribution in [-0.4, -0.2) is 16.1 Å². The molecule has 104 valence electrons. The molecule has 20 heavy (non-hydrogen) atoms. The van der Waals surface area contributed by atoms with Crippen LogP contribution in [0.25, 0.3) is 0 Å². The first-order valence-corrected chi connectivity index (χ1v) is 6.58. The summed E-state index contributed by atoms with van der Waals surface area (Å²) in [4.78, 5) is 14.6. The first kappa shape index (κ1) is 14.1. The predicted octanol–water partition coefficient (Wildman–Crippen LogP) is 4.09. The standard InChI is InChI=1S/C16H17NO3/c1-3-11(2)13-6-4-5-7-15(13)20-12-8-9-14(16(18)19)17-10-12/h4-11H,3H2,1-2H3,(H,18,19). The number of carbonyl (C=O) groups is 1. The van der Waals surface area contributed by atoms with Crippen LogP contribution in [-0.2, 0) is 0 Å². The van der Waals surface area contributed by atoms with Gasteiger partial charge in [0.15, 0.2) is 0 Å². The molecule has 1 unspecified atom stereocenters. The number of carboxylic acids is 1. The van der Waals surface area contributed by atoms with Crippen LogP contribution in [0.15, 0.2) is 42.6 Å². The van der Waals surface area contributed by atoms with Gasteiger partial charge in [0.05, 0.1) is 6.20 Å². The van der Waals surface area contributed by atoms with Crippen molar-refractivity contribution < 1.29 is 14.6 Å². The van der Waals surface area contributed by atoms with E-state index in [4.69, 9.17) is 9.84 Å². The number of ether oxygens (including phenoxy) is 1. The van der Waals surface area contributed by atoms with E-state index in [1.165, 1.54) is 12.3 Å². The monoisotopic (exact) mass is 271 g/mol. The zero-order valence-electron chi connectivity index (χ0n) is 11.5. The van der Waals surface area contributed by atoms with E-state index in [2.05, 4.69) is 18.8 Å². The molecule has 0 spiro atoms. The summed E-state index contributed by atoms with van der Waals surface area (Å²) in [7, 11) is 0. The molecule has 0 aliphatic heterocycles. The highest BCUT2D eigenvalue weighted by Gasteiger charge is 2.11. The Labute approximate surface area is 118 Å². The van der Waals surface area contributed by atoms with Crippen LogP contribution in [0.4, 0.5) is 0 Å². The number of benzene rings is 1. The molecular formula is C16H17NO3. The summed E-state index contributed by atoms with van der Waals surface area (Å²) in [6.45, 7) is 4.28. The van der Waals surface area contributed by atoms with Gasteiger partial charge in [0, 0.05) is 0 Å². The molecule has 4 nitrogen and oxygen atoms in total. The Balaban J connectivity index is 2.23. The van der Waals surface area contributed by atoms with E-state index < -0.39 is 5.97 Å². The smallest absolute Gasteiger partial charge is 0.354 e. The lowest BCUT2D eigenvalue weighted by atomic mass is 9.98. The number of pyridine rings is 1. The minimum atomic E-state index is -1.04. The third kappa shape index (κ3) is 3.15. The van der Waals surface area contributed by atoms with E-state index in [1.807, 2.05) is 24.3 Å². The highest BCUT2D eigenvalue weighted by molar-refractivity contribution is 5.85. The molecule has 4 heteroatoms. The van der Waals surface area contributed by atoms with Crippen LogP contribution < -0.4 is 4.74 Å². The molecule has 0 bridgehead atoms. The zero-order valence-corrected chi connectivity index (χ0v) is 11.5. The molecular weight excluding hydrogens is 254 g/mol. The number of carboxylic acid groups (broad SMARTS) is 1. The highest BCUT2D eigenvalue weighted by Crippen LogP contribution is 2.31. The Morgan fingerprint density at radius 3 is 2.65 bits per heavy atom. The van der Waals surface area contributed by atoms with Crippen LogP contribution in [0.3, 0.4) is 0 Å². The van der Waals surface area contributed by atoms with Crippen molar-refractivity contribution in [1.29, 1.82) is 0 Å². The molecule has 1 heterocycles. The maximum absolute atomic E-state index is 10.7. The van der Waals surface area contributed by atoms with Crippen LogP contribution in [0.2, 0.25) is 0 Å². The Hall–Kier alpha value is -2.36. The predicted molar refractivity (Wildman–Crippen MR) is 76.4 cm³/mol. The molecule has 0 aliphatic carbocycles. The van der Waals surface area contributed by atoms with Crippen molar-refractivity contribution >= 4 is 5.97 Å². The Morgan fingerprint density at radius 1 is 1.30 bits per heavy atom. The van der Waals surface area contributed by atoms with Gasteiger partial charge in [-0.05, 0) is 36.1 Å². The number of hydrogen-bond acceptors (Lipinski definition) is 3. The van der Waals surface area contributed by atoms with Crippen LogP contribution >= 0.6 is 0 Å². The minimum Gasteiger partial charge on any atom is -0.477 e. The van der Waals surface area contributed by atoms with Gasteiger partial charge in [-0.2, -0.15) is 0 Å². The summed E-state index contributed by atoms with van der Waals surface area (Å²) in [6, 6.07) is 10.9. The van der Waals surface area contributed by atoms with Gasteiger partial charge >= 0.3 is 5.97 Å². The summed E-state index contributed by atoms with van der Waals surface area (Å²) in [5.74, 6) is 0.673. The topological polar surface area (TPSA) is 59.4 Å². The molecule has 0 radical (unpaired) electrons. The van der Waals surface area contributed by atoms with Gasteiger partial charge < -0.3 is 9.84 Å². The SMILES string of the molecule is CCC(C)c1ccccc1Oc1ccc(C(=O)O)nc1. The quantitative estimate of drug-likeness (QED) is 0.890. The minimum absolute atomic E-state index is 0.00700. The van der Waals surface area contributed by atoms with E-state index in [1.54, 1.807) is 6.07 Å². The third-order valence-electron chi connectivity index (χ3n) is 3.25. The molecule has 0 amide bonds. The van der Waals surface area contributed by atoms with E-state index in [0.717, 1.165) is 17.7 Å². The fourth-order valence-corrected chi connectivity index (χ4v) is 1.89. The first-order valence-electron chi connectivity index (χ1n) is 6.58. The van der Waals surface area contributed by atoms with E-state index in [-0.39, 0.29) is 5.69 Å². The van der Waals surface area contributed by atoms with E-state index >= 15 is 0 Å². The second-order valence-electron chi connectivity index (χ2n) is 4.63. The van der Waals surface area contributed by atoms with Crippen molar-refractivity contribution in [3.8, 4) is 11.5 Å². The summed E-state index contributed by atoms with van der Waals surface area (Å²) in [5, 5.41) is 8.81. The van der Waals surface area contributed by atoms with Crippen molar-refractivity contribution in [3.63, 3.8) is 0 Å². The normalized spacial score (nSPS) is 11.9. The van der Waals surface area contributed by atoms with Crippen LogP contribution in [0.5, 0.6) is 11.5 Å². The van der Waals surface area contributed by atoms with Crippen molar-refractivity contribution in [3.05, 3.63) is 53.9 Å². The van der Waals surface area contributed by atoms with Gasteiger partial charge in [-0.15, -0.1) is 0 Å². The van der Waals surface area contributed by atoms with Gasteiger partial charge in [0.25, 0.3) is 0 Å². The molecule has 2 aromatic rings. The van der Waals surface area contributed by atoms with Crippen LogP contribution in [0, 0.1) is 0 Å². The van der Waals surface area contributed by atoms with Crippen molar-refractivity contribution in [2.45, 2.75) is 26.2 Å². The summed E-state index contributed by atoms with van der Waals surface area (Å²) < 4.78 is 5.81. The number of aromatic carboxylic acids is 1. The maximum atomic E-state index is 10.7. The lowest BCUT2D eigenvalue weighted by Gasteiger charge is -2.15. The lowest BCUT2D eigenvalue weighted by Crippen LogP contribution is -2.00. The molecule has 1 aromatic carbocycles. The van der Waals surface area contributed by atoms with Gasteiger partial charge in [-0.1, -0.05) is 32.0 Å². The number of para-hydroxylation sites is 1. The molecule has 1 atom stereocenters. The Morgan fingerprint density at radius 2 is 2.05 bits per heavy atom. The lowest BCUT2D eigenvalue weighted by molar-refractivity contribution is 0.0690. The van der Waals surface area contributed by atoms with Crippen LogP contribution in [0.1, 0.15) is 42.2 Å². The second-order valence-corrected chi connectivity index (χ2v) is 4.63. The average Bonchev–Trinajstić information content (AvgIpc) is 2.47. The van der Waals surface area contributed by atoms with E-state index in [0.29, 0.717) is 11.7 Å². The fourth-order valence-electron chi connectivity index (χ4n) is 1.89. The van der Waals surface area contributed by atoms with Gasteiger partial charge in [-0.3, -0.25) is 0 Å². The third-order valence-corrected chi connectivity index (χ3v) is 3.25. The summed E-state index contributed by atoms with van der Waals surface area (Å²) in [6.07, 6.45) is 2.45. The molecule has 2 rings (SSSR count). The highest BCUT2D eigenvalue weighted by atomic mass is 16.5. The molecule has 0 saturated heterocycles. The Bertz CT molecular complexity index is 593. The van der Waals surface area contributed by atoms with E-state index in [9.17, 15) is 4.79 Å². The van der Waals surface area contributed by atoms with Crippen molar-refractivity contribution in [2.24, 2.45) is 0 Å². The van der Waals surface area contributed by atoms with Crippen molar-refractivity contribution in [1.82, 2.24) is 4.98 Å². The summed E-state index contributed by atoms with van der Waals surface area (Å²) in [5.41, 5.74) is 1.14. The second kappa shape index (κ2) is 6.19. The number of rotatable bonds is 5. The molecule has 0 fully saturated rings. The fraction of sp³-hybridized carbons (Fsp3) is 0.250. The first-order chi connectivity index (χ1) is 9.61. The van der Waals surface area contributed by atoms with Gasteiger partial charge in [0.1, 0.15) is 17.2 Å². The molecule has 1 N–H and O–H groups in total. The number of aromatic nitrogens is 1. The Kier molecular flexibility index (Phi) is 4.35. The largest absolute Gasteiger partial charge is 0.477 e. The van der Waals surface area contributed by atoms with Gasteiger partial charge in [0.2, 0.25) is 0 Å². The molecule has 1 aromatic heterocycles. The summed E-state index contributed by atoms with van der Waals surface area (Å²) >= 11 is 0. The molecule has 0 aliphatic rings. The number of nitrogens with zero attached hydrogens (tertiary/aromatic N) is 1. The maximum Gasteiger partial charge on any atom is 0.354 e. The zero-order chi connectivity index (χ0) is 14.5. The van der Waals surface area contributed by atoms with Crippen molar-refractivity contribution in [2.75, 3.05) is 0 Å². The average molecular weight is 271 g/mol.